The Morgan fingerprint density at radius 3 is 2.30 bits per heavy atom. The van der Waals surface area contributed by atoms with Crippen molar-refractivity contribution in [1.82, 2.24) is 9.80 Å². The zero-order chi connectivity index (χ0) is 27.1. The molecule has 1 heterocycles. The molecule has 0 bridgehead atoms. The van der Waals surface area contributed by atoms with Crippen molar-refractivity contribution < 1.29 is 24.3 Å². The monoisotopic (exact) mass is 508 g/mol. The molecule has 9 heteroatoms. The second kappa shape index (κ2) is 12.4. The maximum Gasteiger partial charge on any atom is 0.323 e. The highest BCUT2D eigenvalue weighted by atomic mass is 16.4. The second-order valence-corrected chi connectivity index (χ2v) is 9.98. The smallest absolute Gasteiger partial charge is 0.323 e. The number of aryl methyl sites for hydroxylation is 1. The molecule has 37 heavy (non-hydrogen) atoms. The van der Waals surface area contributed by atoms with Gasteiger partial charge in [0.25, 0.3) is 0 Å². The third-order valence-corrected chi connectivity index (χ3v) is 6.50. The van der Waals surface area contributed by atoms with Gasteiger partial charge in [0.05, 0.1) is 12.8 Å². The zero-order valence-electron chi connectivity index (χ0n) is 21.9. The van der Waals surface area contributed by atoms with Gasteiger partial charge < -0.3 is 25.5 Å². The first-order chi connectivity index (χ1) is 17.5. The van der Waals surface area contributed by atoms with Gasteiger partial charge in [0, 0.05) is 30.5 Å². The molecule has 3 N–H and O–H groups in total. The Kier molecular flexibility index (Phi) is 9.27. The minimum atomic E-state index is -0.954. The zero-order valence-corrected chi connectivity index (χ0v) is 21.9. The van der Waals surface area contributed by atoms with Crippen LogP contribution in [-0.2, 0) is 20.8 Å². The van der Waals surface area contributed by atoms with Crippen LogP contribution < -0.4 is 10.6 Å². The maximum absolute atomic E-state index is 13.2. The van der Waals surface area contributed by atoms with E-state index in [1.807, 2.05) is 45.0 Å². The first-order valence-electron chi connectivity index (χ1n) is 12.6. The lowest BCUT2D eigenvalue weighted by atomic mass is 9.97. The Balaban J connectivity index is 1.62. The van der Waals surface area contributed by atoms with Gasteiger partial charge in [0.1, 0.15) is 6.04 Å². The molecule has 2 unspecified atom stereocenters. The van der Waals surface area contributed by atoms with Gasteiger partial charge in [-0.2, -0.15) is 0 Å². The molecular weight excluding hydrogens is 472 g/mol. The van der Waals surface area contributed by atoms with Crippen molar-refractivity contribution in [2.75, 3.05) is 23.7 Å². The molecule has 9 nitrogen and oxygen atoms in total. The number of hydrogen-bond acceptors (Lipinski definition) is 4. The number of nitrogens with zero attached hydrogens (tertiary/aromatic N) is 2. The Labute approximate surface area is 217 Å². The summed E-state index contributed by atoms with van der Waals surface area (Å²) in [6, 6.07) is 13.1. The Hall–Kier alpha value is -3.88. The van der Waals surface area contributed by atoms with E-state index in [0.29, 0.717) is 25.2 Å². The van der Waals surface area contributed by atoms with E-state index in [1.165, 1.54) is 0 Å². The minimum Gasteiger partial charge on any atom is -0.481 e. The van der Waals surface area contributed by atoms with E-state index in [0.717, 1.165) is 16.8 Å². The number of para-hydroxylation sites is 1. The van der Waals surface area contributed by atoms with Gasteiger partial charge in [-0.05, 0) is 55.5 Å². The lowest BCUT2D eigenvalue weighted by Crippen LogP contribution is -2.61. The summed E-state index contributed by atoms with van der Waals surface area (Å²) in [6.07, 6.45) is 0.513. The molecule has 1 saturated heterocycles. The molecular formula is C28H36N4O5. The molecule has 0 saturated carbocycles. The summed E-state index contributed by atoms with van der Waals surface area (Å²) < 4.78 is 0. The molecule has 0 spiro atoms. The summed E-state index contributed by atoms with van der Waals surface area (Å²) in [4.78, 5) is 53.2. The number of urea groups is 1. The molecule has 3 rings (SSSR count). The summed E-state index contributed by atoms with van der Waals surface area (Å²) in [6.45, 7) is 8.31. The summed E-state index contributed by atoms with van der Waals surface area (Å²) >= 11 is 0. The maximum atomic E-state index is 13.2. The highest BCUT2D eigenvalue weighted by Crippen LogP contribution is 2.23. The van der Waals surface area contributed by atoms with Crippen LogP contribution in [0.1, 0.15) is 44.7 Å². The van der Waals surface area contributed by atoms with Gasteiger partial charge >= 0.3 is 12.0 Å². The SMILES string of the molecule is Cc1ccccc1NC(=O)Nc1ccc(CC(=O)N2CCN(C(C)CC(=O)O)C(=O)C2CC(C)C)cc1. The average molecular weight is 509 g/mol. The number of anilines is 2. The molecule has 2 aromatic rings. The predicted molar refractivity (Wildman–Crippen MR) is 142 cm³/mol. The lowest BCUT2D eigenvalue weighted by Gasteiger charge is -2.43. The Morgan fingerprint density at radius 1 is 1.00 bits per heavy atom. The highest BCUT2D eigenvalue weighted by molar-refractivity contribution is 6.00. The second-order valence-electron chi connectivity index (χ2n) is 9.98. The first-order valence-corrected chi connectivity index (χ1v) is 12.6. The van der Waals surface area contributed by atoms with Crippen LogP contribution in [0.2, 0.25) is 0 Å². The molecule has 0 aliphatic carbocycles. The van der Waals surface area contributed by atoms with Crippen molar-refractivity contribution in [1.29, 1.82) is 0 Å². The molecule has 2 aromatic carbocycles. The van der Waals surface area contributed by atoms with Crippen LogP contribution in [0.4, 0.5) is 16.2 Å². The van der Waals surface area contributed by atoms with Crippen molar-refractivity contribution in [2.24, 2.45) is 5.92 Å². The van der Waals surface area contributed by atoms with Crippen LogP contribution in [0.5, 0.6) is 0 Å². The molecule has 0 aromatic heterocycles. The highest BCUT2D eigenvalue weighted by Gasteiger charge is 2.39. The molecule has 1 aliphatic rings. The van der Waals surface area contributed by atoms with Crippen LogP contribution in [0, 0.1) is 12.8 Å². The van der Waals surface area contributed by atoms with Crippen LogP contribution in [-0.4, -0.2) is 63.9 Å². The third-order valence-electron chi connectivity index (χ3n) is 6.50. The molecule has 4 amide bonds. The fourth-order valence-electron chi connectivity index (χ4n) is 4.56. The number of amides is 4. The van der Waals surface area contributed by atoms with Crippen LogP contribution in [0.3, 0.4) is 0 Å². The van der Waals surface area contributed by atoms with Crippen LogP contribution in [0.15, 0.2) is 48.5 Å². The molecule has 198 valence electrons. The normalized spacial score (nSPS) is 16.5. The summed E-state index contributed by atoms with van der Waals surface area (Å²) in [5.74, 6) is -1.11. The number of carboxylic acids is 1. The van der Waals surface area contributed by atoms with E-state index in [1.54, 1.807) is 41.0 Å². The van der Waals surface area contributed by atoms with Crippen molar-refractivity contribution >= 4 is 35.2 Å². The number of nitrogens with one attached hydrogen (secondary N) is 2. The number of hydrogen-bond donors (Lipinski definition) is 3. The number of benzene rings is 2. The van der Waals surface area contributed by atoms with E-state index in [2.05, 4.69) is 10.6 Å². The number of carbonyl (C=O) groups is 4. The van der Waals surface area contributed by atoms with Crippen LogP contribution >= 0.6 is 0 Å². The molecule has 1 aliphatic heterocycles. The average Bonchev–Trinajstić information content (AvgIpc) is 2.82. The molecule has 0 radical (unpaired) electrons. The van der Waals surface area contributed by atoms with Gasteiger partial charge in [0.2, 0.25) is 11.8 Å². The van der Waals surface area contributed by atoms with E-state index >= 15 is 0 Å². The largest absolute Gasteiger partial charge is 0.481 e. The van der Waals surface area contributed by atoms with E-state index in [-0.39, 0.29) is 36.6 Å². The van der Waals surface area contributed by atoms with Gasteiger partial charge in [-0.1, -0.05) is 44.2 Å². The van der Waals surface area contributed by atoms with Gasteiger partial charge in [-0.15, -0.1) is 0 Å². The fourth-order valence-corrected chi connectivity index (χ4v) is 4.56. The summed E-state index contributed by atoms with van der Waals surface area (Å²) in [7, 11) is 0. The quantitative estimate of drug-likeness (QED) is 0.471. The van der Waals surface area contributed by atoms with E-state index in [9.17, 15) is 19.2 Å². The number of piperazine rings is 1. The topological polar surface area (TPSA) is 119 Å². The number of carboxylic acid groups (broad SMARTS) is 1. The van der Waals surface area contributed by atoms with Crippen molar-refractivity contribution in [3.8, 4) is 0 Å². The fraction of sp³-hybridized carbons (Fsp3) is 0.429. The summed E-state index contributed by atoms with van der Waals surface area (Å²) in [5, 5.41) is 14.7. The number of rotatable bonds is 9. The third kappa shape index (κ3) is 7.55. The molecule has 1 fully saturated rings. The predicted octanol–water partition coefficient (Wildman–Crippen LogP) is 4.13. The van der Waals surface area contributed by atoms with Gasteiger partial charge in [0.15, 0.2) is 0 Å². The van der Waals surface area contributed by atoms with E-state index < -0.39 is 18.1 Å². The van der Waals surface area contributed by atoms with Crippen molar-refractivity contribution in [2.45, 2.75) is 59.0 Å². The number of aliphatic carboxylic acids is 1. The van der Waals surface area contributed by atoms with Gasteiger partial charge in [-0.3, -0.25) is 14.4 Å². The standard InChI is InChI=1S/C28H36N4O5/c1-18(2)15-24-27(36)31(20(4)16-26(34)35)13-14-32(24)25(33)17-21-9-11-22(12-10-21)29-28(37)30-23-8-6-5-7-19(23)3/h5-12,18,20,24H,13-17H2,1-4H3,(H,34,35)(H2,29,30,37). The Bertz CT molecular complexity index is 1130. The lowest BCUT2D eigenvalue weighted by molar-refractivity contribution is -0.155. The van der Waals surface area contributed by atoms with Crippen molar-refractivity contribution in [3.63, 3.8) is 0 Å². The van der Waals surface area contributed by atoms with Crippen molar-refractivity contribution in [3.05, 3.63) is 59.7 Å². The first kappa shape index (κ1) is 27.7. The van der Waals surface area contributed by atoms with E-state index in [4.69, 9.17) is 5.11 Å². The Morgan fingerprint density at radius 2 is 1.68 bits per heavy atom. The summed E-state index contributed by atoms with van der Waals surface area (Å²) in [5.41, 5.74) is 3.05. The molecule has 2 atom stereocenters. The van der Waals surface area contributed by atoms with Gasteiger partial charge in [-0.25, -0.2) is 4.79 Å². The number of carbonyl (C=O) groups excluding carboxylic acids is 3. The minimum absolute atomic E-state index is 0.127. The van der Waals surface area contributed by atoms with Crippen LogP contribution in [0.25, 0.3) is 0 Å².